The molecule has 2 fully saturated rings. The van der Waals surface area contributed by atoms with E-state index in [4.69, 9.17) is 9.72 Å². The number of aromatic nitrogens is 2. The molecule has 1 saturated carbocycles. The Morgan fingerprint density at radius 3 is 2.31 bits per heavy atom. The first-order chi connectivity index (χ1) is 18.7. The van der Waals surface area contributed by atoms with Crippen LogP contribution in [0, 0.1) is 0 Å². The van der Waals surface area contributed by atoms with Gasteiger partial charge in [-0.05, 0) is 18.1 Å². The fraction of sp³-hybridized carbons (Fsp3) is 0.345. The summed E-state index contributed by atoms with van der Waals surface area (Å²) in [5.74, 6) is 0. The highest BCUT2D eigenvalue weighted by Crippen LogP contribution is 2.49. The average molecular weight is 564 g/mol. The lowest BCUT2D eigenvalue weighted by Crippen LogP contribution is -2.61. The molecule has 3 heterocycles. The maximum absolute atomic E-state index is 11.5. The zero-order valence-electron chi connectivity index (χ0n) is 21.4. The molecule has 8 nitrogen and oxygen atoms in total. The quantitative estimate of drug-likeness (QED) is 0.240. The maximum Gasteiger partial charge on any atom is 0.405 e. The van der Waals surface area contributed by atoms with Crippen molar-refractivity contribution in [2.75, 3.05) is 13.2 Å². The topological polar surface area (TPSA) is 125 Å². The van der Waals surface area contributed by atoms with Crippen LogP contribution in [0.3, 0.4) is 0 Å². The van der Waals surface area contributed by atoms with Gasteiger partial charge in [-0.15, -0.1) is 22.7 Å². The first-order valence-corrected chi connectivity index (χ1v) is 14.5. The van der Waals surface area contributed by atoms with Crippen LogP contribution in [0.5, 0.6) is 0 Å². The normalized spacial score (nSPS) is 24.2. The fourth-order valence-corrected chi connectivity index (χ4v) is 7.88. The van der Waals surface area contributed by atoms with Crippen molar-refractivity contribution in [3.05, 3.63) is 71.4 Å². The highest BCUT2D eigenvalue weighted by molar-refractivity contribution is 7.23. The number of ether oxygens (including phenoxy) is 1. The van der Waals surface area contributed by atoms with Gasteiger partial charge in [0.25, 0.3) is 0 Å². The predicted molar refractivity (Wildman–Crippen MR) is 151 cm³/mol. The molecule has 0 bridgehead atoms. The summed E-state index contributed by atoms with van der Waals surface area (Å²) in [6.07, 6.45) is 2.36. The zero-order valence-corrected chi connectivity index (χ0v) is 23.0. The number of hydrogen-bond acceptors (Lipinski definition) is 8. The van der Waals surface area contributed by atoms with E-state index in [1.54, 1.807) is 24.5 Å². The van der Waals surface area contributed by atoms with E-state index in [1.165, 1.54) is 11.3 Å². The van der Waals surface area contributed by atoms with E-state index in [0.29, 0.717) is 43.9 Å². The number of thiazole rings is 2. The number of amides is 1. The third kappa shape index (κ3) is 4.99. The van der Waals surface area contributed by atoms with Crippen LogP contribution in [0.15, 0.2) is 60.8 Å². The SMILES string of the molecule is C[C@]1(O)C[C@](NC(=O)O)(c2ccc(-c3nc(-c4cnc(C5(O)CCOCC5)s4)sc3-c3ccccc3)cc2)C1. The Hall–Kier alpha value is -3.15. The molecule has 4 N–H and O–H groups in total. The first kappa shape index (κ1) is 26.1. The molecule has 10 heteroatoms. The Kier molecular flexibility index (Phi) is 6.55. The van der Waals surface area contributed by atoms with Crippen LogP contribution in [0.2, 0.25) is 0 Å². The van der Waals surface area contributed by atoms with E-state index in [9.17, 15) is 20.1 Å². The molecule has 6 rings (SSSR count). The molecule has 0 unspecified atom stereocenters. The standard InChI is InChI=1S/C29H29N3O5S2/c1-27(35)16-28(17-27,32-26(33)34)20-9-7-18(8-10-20)22-23(19-5-3-2-4-6-19)39-24(31-22)21-15-30-25(38-21)29(36)11-13-37-14-12-29/h2-10,15,32,35-36H,11-14,16-17H2,1H3,(H,33,34)/t27-,28+. The fourth-order valence-electron chi connectivity index (χ4n) is 5.68. The third-order valence-corrected chi connectivity index (χ3v) is 9.98. The van der Waals surface area contributed by atoms with Gasteiger partial charge in [-0.25, -0.2) is 14.8 Å². The number of hydrogen-bond donors (Lipinski definition) is 4. The molecule has 2 aromatic carbocycles. The number of rotatable bonds is 6. The minimum atomic E-state index is -1.11. The molecule has 202 valence electrons. The first-order valence-electron chi connectivity index (χ1n) is 12.8. The number of nitrogens with zero attached hydrogens (tertiary/aromatic N) is 2. The monoisotopic (exact) mass is 563 g/mol. The number of carbonyl (C=O) groups is 1. The van der Waals surface area contributed by atoms with E-state index in [0.717, 1.165) is 37.1 Å². The van der Waals surface area contributed by atoms with Gasteiger partial charge in [0.1, 0.15) is 15.6 Å². The smallest absolute Gasteiger partial charge is 0.405 e. The van der Waals surface area contributed by atoms with Crippen LogP contribution in [0.25, 0.3) is 31.6 Å². The molecular weight excluding hydrogens is 534 g/mol. The number of benzene rings is 2. The van der Waals surface area contributed by atoms with E-state index in [1.807, 2.05) is 42.5 Å². The highest BCUT2D eigenvalue weighted by Gasteiger charge is 2.53. The number of aliphatic hydroxyl groups is 2. The van der Waals surface area contributed by atoms with E-state index < -0.39 is 22.8 Å². The van der Waals surface area contributed by atoms with Crippen LogP contribution in [-0.4, -0.2) is 50.2 Å². The van der Waals surface area contributed by atoms with E-state index in [2.05, 4.69) is 22.4 Å². The van der Waals surface area contributed by atoms with Crippen molar-refractivity contribution in [1.82, 2.24) is 15.3 Å². The molecule has 2 aromatic heterocycles. The highest BCUT2D eigenvalue weighted by atomic mass is 32.1. The van der Waals surface area contributed by atoms with Crippen molar-refractivity contribution in [1.29, 1.82) is 0 Å². The molecule has 1 saturated heterocycles. The van der Waals surface area contributed by atoms with Crippen molar-refractivity contribution in [3.8, 4) is 31.6 Å². The molecule has 4 aromatic rings. The molecule has 2 aliphatic rings. The summed E-state index contributed by atoms with van der Waals surface area (Å²) in [4.78, 5) is 23.0. The second-order valence-electron chi connectivity index (χ2n) is 10.7. The summed E-state index contributed by atoms with van der Waals surface area (Å²) in [6.45, 7) is 2.75. The van der Waals surface area contributed by atoms with E-state index >= 15 is 0 Å². The van der Waals surface area contributed by atoms with Gasteiger partial charge >= 0.3 is 6.09 Å². The lowest BCUT2D eigenvalue weighted by molar-refractivity contribution is -0.0858. The van der Waals surface area contributed by atoms with Gasteiger partial charge in [0.05, 0.1) is 26.6 Å². The minimum Gasteiger partial charge on any atom is -0.465 e. The summed E-state index contributed by atoms with van der Waals surface area (Å²) in [6, 6.07) is 17.8. The Bertz CT molecular complexity index is 1480. The molecule has 0 atom stereocenters. The zero-order chi connectivity index (χ0) is 27.3. The summed E-state index contributed by atoms with van der Waals surface area (Å²) in [7, 11) is 0. The van der Waals surface area contributed by atoms with Crippen LogP contribution in [-0.2, 0) is 15.9 Å². The van der Waals surface area contributed by atoms with Gasteiger partial charge in [-0.2, -0.15) is 0 Å². The predicted octanol–water partition coefficient (Wildman–Crippen LogP) is 5.61. The van der Waals surface area contributed by atoms with E-state index in [-0.39, 0.29) is 0 Å². The van der Waals surface area contributed by atoms with Gasteiger partial charge in [0, 0.05) is 50.7 Å². The van der Waals surface area contributed by atoms with Crippen molar-refractivity contribution < 1.29 is 24.9 Å². The van der Waals surface area contributed by atoms with Crippen molar-refractivity contribution in [2.45, 2.75) is 49.3 Å². The summed E-state index contributed by atoms with van der Waals surface area (Å²) in [5.41, 5.74) is 0.911. The van der Waals surface area contributed by atoms with Crippen LogP contribution in [0.1, 0.15) is 43.2 Å². The summed E-state index contributed by atoms with van der Waals surface area (Å²) >= 11 is 3.05. The van der Waals surface area contributed by atoms with Gasteiger partial charge in [0.2, 0.25) is 0 Å². The van der Waals surface area contributed by atoms with Gasteiger partial charge in [-0.3, -0.25) is 0 Å². The van der Waals surface area contributed by atoms with Gasteiger partial charge in [0.15, 0.2) is 0 Å². The van der Waals surface area contributed by atoms with Crippen molar-refractivity contribution in [2.24, 2.45) is 0 Å². The van der Waals surface area contributed by atoms with Crippen LogP contribution < -0.4 is 5.32 Å². The summed E-state index contributed by atoms with van der Waals surface area (Å²) in [5, 5.41) is 35.0. The van der Waals surface area contributed by atoms with Crippen molar-refractivity contribution >= 4 is 28.8 Å². The average Bonchev–Trinajstić information content (AvgIpc) is 3.57. The van der Waals surface area contributed by atoms with Crippen LogP contribution in [0.4, 0.5) is 4.79 Å². The lowest BCUT2D eigenvalue weighted by atomic mass is 9.62. The molecule has 0 spiro atoms. The molecule has 39 heavy (non-hydrogen) atoms. The molecule has 1 aliphatic carbocycles. The Balaban J connectivity index is 1.36. The Morgan fingerprint density at radius 2 is 1.67 bits per heavy atom. The largest absolute Gasteiger partial charge is 0.465 e. The number of carboxylic acid groups (broad SMARTS) is 1. The molecular formula is C29H29N3O5S2. The minimum absolute atomic E-state index is 0.313. The summed E-state index contributed by atoms with van der Waals surface area (Å²) < 4.78 is 5.43. The Morgan fingerprint density at radius 1 is 0.974 bits per heavy atom. The molecule has 1 amide bonds. The number of nitrogens with one attached hydrogen (secondary N) is 1. The Labute approximate surface area is 234 Å². The molecule has 1 aliphatic heterocycles. The molecule has 0 radical (unpaired) electrons. The van der Waals surface area contributed by atoms with Crippen LogP contribution >= 0.6 is 22.7 Å². The third-order valence-electron chi connectivity index (χ3n) is 7.52. The second kappa shape index (κ2) is 9.79. The van der Waals surface area contributed by atoms with Gasteiger partial charge < -0.3 is 25.4 Å². The lowest BCUT2D eigenvalue weighted by Gasteiger charge is -2.51. The second-order valence-corrected chi connectivity index (χ2v) is 12.7. The van der Waals surface area contributed by atoms with Crippen molar-refractivity contribution in [3.63, 3.8) is 0 Å². The van der Waals surface area contributed by atoms with Gasteiger partial charge in [-0.1, -0.05) is 54.6 Å². The maximum atomic E-state index is 11.5.